The van der Waals surface area contributed by atoms with Crippen molar-refractivity contribution >= 4 is 49.2 Å². The average Bonchev–Trinajstić information content (AvgIpc) is 2.41. The van der Waals surface area contributed by atoms with E-state index in [1.165, 1.54) is 6.92 Å². The number of amides is 1. The van der Waals surface area contributed by atoms with Gasteiger partial charge in [0.25, 0.3) is 0 Å². The van der Waals surface area contributed by atoms with Gasteiger partial charge in [0, 0.05) is 27.0 Å². The van der Waals surface area contributed by atoms with Crippen molar-refractivity contribution in [1.82, 2.24) is 0 Å². The van der Waals surface area contributed by atoms with Gasteiger partial charge < -0.3 is 5.32 Å². The summed E-state index contributed by atoms with van der Waals surface area (Å²) < 4.78 is 1.42. The summed E-state index contributed by atoms with van der Waals surface area (Å²) >= 11 is 6.75. The van der Waals surface area contributed by atoms with Crippen LogP contribution in [0.4, 0.5) is 5.69 Å². The van der Waals surface area contributed by atoms with Gasteiger partial charge in [-0.05, 0) is 35.0 Å². The molecular weight excluding hydrogens is 398 g/mol. The summed E-state index contributed by atoms with van der Waals surface area (Å²) in [6, 6.07) is 10.8. The van der Waals surface area contributed by atoms with Crippen LogP contribution in [-0.4, -0.2) is 11.7 Å². The third kappa shape index (κ3) is 3.80. The summed E-state index contributed by atoms with van der Waals surface area (Å²) in [6.07, 6.45) is 0. The Morgan fingerprint density at radius 3 is 2.24 bits per heavy atom. The van der Waals surface area contributed by atoms with Gasteiger partial charge in [0.15, 0.2) is 5.78 Å². The van der Waals surface area contributed by atoms with Crippen molar-refractivity contribution < 1.29 is 9.59 Å². The van der Waals surface area contributed by atoms with Crippen molar-refractivity contribution in [2.24, 2.45) is 0 Å². The molecule has 0 aliphatic rings. The minimum absolute atomic E-state index is 0.138. The molecule has 0 saturated carbocycles. The molecule has 1 amide bonds. The van der Waals surface area contributed by atoms with Crippen LogP contribution in [0.15, 0.2) is 45.3 Å². The monoisotopic (exact) mass is 409 g/mol. The zero-order valence-corrected chi connectivity index (χ0v) is 14.7. The van der Waals surface area contributed by atoms with Gasteiger partial charge in [-0.15, -0.1) is 0 Å². The summed E-state index contributed by atoms with van der Waals surface area (Å²) in [4.78, 5) is 24.0. The topological polar surface area (TPSA) is 46.2 Å². The first-order valence-corrected chi connectivity index (χ1v) is 7.85. The highest BCUT2D eigenvalue weighted by Gasteiger charge is 2.18. The first-order valence-electron chi connectivity index (χ1n) is 6.26. The van der Waals surface area contributed by atoms with E-state index in [2.05, 4.69) is 37.2 Å². The van der Waals surface area contributed by atoms with Gasteiger partial charge in [0.2, 0.25) is 5.91 Å². The molecule has 0 saturated heterocycles. The SMILES string of the molecule is CC(=O)Nc1c(Br)cc(Br)cc1C(=O)c1ccc(C)cc1. The molecule has 0 radical (unpaired) electrons. The normalized spacial score (nSPS) is 10.3. The molecule has 108 valence electrons. The lowest BCUT2D eigenvalue weighted by Gasteiger charge is -2.12. The molecule has 0 bridgehead atoms. The minimum Gasteiger partial charge on any atom is -0.325 e. The van der Waals surface area contributed by atoms with Crippen LogP contribution in [0.2, 0.25) is 0 Å². The number of anilines is 1. The zero-order valence-electron chi connectivity index (χ0n) is 11.5. The van der Waals surface area contributed by atoms with Gasteiger partial charge in [-0.25, -0.2) is 0 Å². The van der Waals surface area contributed by atoms with E-state index in [-0.39, 0.29) is 11.7 Å². The Bertz CT molecular complexity index is 709. The lowest BCUT2D eigenvalue weighted by Crippen LogP contribution is -2.12. The Morgan fingerprint density at radius 1 is 1.05 bits per heavy atom. The van der Waals surface area contributed by atoms with E-state index in [1.54, 1.807) is 24.3 Å². The number of aryl methyl sites for hydroxylation is 1. The summed E-state index contributed by atoms with van der Waals surface area (Å²) in [5, 5.41) is 2.70. The van der Waals surface area contributed by atoms with Gasteiger partial charge in [0.05, 0.1) is 5.69 Å². The molecule has 1 N–H and O–H groups in total. The Balaban J connectivity index is 2.53. The molecule has 0 atom stereocenters. The Morgan fingerprint density at radius 2 is 1.67 bits per heavy atom. The van der Waals surface area contributed by atoms with Crippen LogP contribution in [0.25, 0.3) is 0 Å². The summed E-state index contributed by atoms with van der Waals surface area (Å²) in [5.41, 5.74) is 2.59. The molecule has 2 aromatic rings. The summed E-state index contributed by atoms with van der Waals surface area (Å²) in [6.45, 7) is 3.38. The highest BCUT2D eigenvalue weighted by Crippen LogP contribution is 2.32. The number of carbonyl (C=O) groups is 2. The second-order valence-corrected chi connectivity index (χ2v) is 6.46. The van der Waals surface area contributed by atoms with E-state index in [0.29, 0.717) is 21.3 Å². The molecule has 0 aliphatic heterocycles. The predicted molar refractivity (Wildman–Crippen MR) is 90.8 cm³/mol. The fourth-order valence-electron chi connectivity index (χ4n) is 1.92. The standard InChI is InChI=1S/C16H13Br2NO2/c1-9-3-5-11(6-4-9)16(21)13-7-12(17)8-14(18)15(13)19-10(2)20/h3-8H,1-2H3,(H,19,20). The number of benzene rings is 2. The van der Waals surface area contributed by atoms with Crippen molar-refractivity contribution in [3.05, 3.63) is 62.0 Å². The van der Waals surface area contributed by atoms with E-state index in [4.69, 9.17) is 0 Å². The fraction of sp³-hybridized carbons (Fsp3) is 0.125. The number of halogens is 2. The summed E-state index contributed by atoms with van der Waals surface area (Å²) in [7, 11) is 0. The molecule has 0 aliphatic carbocycles. The second-order valence-electron chi connectivity index (χ2n) is 4.69. The molecule has 0 spiro atoms. The molecule has 3 nitrogen and oxygen atoms in total. The van der Waals surface area contributed by atoms with Crippen molar-refractivity contribution in [1.29, 1.82) is 0 Å². The number of rotatable bonds is 3. The predicted octanol–water partition coefficient (Wildman–Crippen LogP) is 4.71. The van der Waals surface area contributed by atoms with Crippen molar-refractivity contribution in [2.75, 3.05) is 5.32 Å². The molecular formula is C16H13Br2NO2. The lowest BCUT2D eigenvalue weighted by atomic mass is 10.0. The van der Waals surface area contributed by atoms with E-state index in [1.807, 2.05) is 19.1 Å². The van der Waals surface area contributed by atoms with Gasteiger partial charge in [-0.2, -0.15) is 0 Å². The van der Waals surface area contributed by atoms with Crippen LogP contribution in [0.1, 0.15) is 28.4 Å². The first kappa shape index (κ1) is 15.9. The molecule has 0 unspecified atom stereocenters. The Kier molecular flexibility index (Phi) is 4.96. The third-order valence-electron chi connectivity index (χ3n) is 2.91. The summed E-state index contributed by atoms with van der Waals surface area (Å²) in [5.74, 6) is -0.364. The largest absolute Gasteiger partial charge is 0.325 e. The maximum Gasteiger partial charge on any atom is 0.221 e. The average molecular weight is 411 g/mol. The van der Waals surface area contributed by atoms with Crippen LogP contribution in [0, 0.1) is 6.92 Å². The number of ketones is 1. The Labute approximate surface area is 140 Å². The number of carbonyl (C=O) groups excluding carboxylic acids is 2. The van der Waals surface area contributed by atoms with Crippen molar-refractivity contribution in [2.45, 2.75) is 13.8 Å². The maximum absolute atomic E-state index is 12.7. The zero-order chi connectivity index (χ0) is 15.6. The quantitative estimate of drug-likeness (QED) is 0.744. The van der Waals surface area contributed by atoms with Crippen LogP contribution >= 0.6 is 31.9 Å². The van der Waals surface area contributed by atoms with Crippen LogP contribution in [0.3, 0.4) is 0 Å². The van der Waals surface area contributed by atoms with E-state index < -0.39 is 0 Å². The molecule has 2 aromatic carbocycles. The molecule has 21 heavy (non-hydrogen) atoms. The Hall–Kier alpha value is -1.46. The smallest absolute Gasteiger partial charge is 0.221 e. The van der Waals surface area contributed by atoms with Gasteiger partial charge >= 0.3 is 0 Å². The van der Waals surface area contributed by atoms with Crippen LogP contribution in [0.5, 0.6) is 0 Å². The molecule has 5 heteroatoms. The molecule has 0 heterocycles. The number of hydrogen-bond donors (Lipinski definition) is 1. The van der Waals surface area contributed by atoms with Crippen molar-refractivity contribution in [3.63, 3.8) is 0 Å². The molecule has 0 fully saturated rings. The highest BCUT2D eigenvalue weighted by atomic mass is 79.9. The number of hydrogen-bond acceptors (Lipinski definition) is 2. The molecule has 0 aromatic heterocycles. The maximum atomic E-state index is 12.7. The highest BCUT2D eigenvalue weighted by molar-refractivity contribution is 9.11. The third-order valence-corrected chi connectivity index (χ3v) is 4.00. The first-order chi connectivity index (χ1) is 9.88. The fourth-order valence-corrected chi connectivity index (χ4v) is 3.24. The van der Waals surface area contributed by atoms with E-state index in [0.717, 1.165) is 10.0 Å². The second kappa shape index (κ2) is 6.54. The van der Waals surface area contributed by atoms with Crippen LogP contribution < -0.4 is 5.32 Å². The minimum atomic E-state index is -0.226. The number of nitrogens with one attached hydrogen (secondary N) is 1. The van der Waals surface area contributed by atoms with Crippen LogP contribution in [-0.2, 0) is 4.79 Å². The van der Waals surface area contributed by atoms with E-state index >= 15 is 0 Å². The van der Waals surface area contributed by atoms with Gasteiger partial charge in [0.1, 0.15) is 0 Å². The van der Waals surface area contributed by atoms with Crippen molar-refractivity contribution in [3.8, 4) is 0 Å². The van der Waals surface area contributed by atoms with Gasteiger partial charge in [-0.3, -0.25) is 9.59 Å². The molecule has 2 rings (SSSR count). The lowest BCUT2D eigenvalue weighted by molar-refractivity contribution is -0.114. The van der Waals surface area contributed by atoms with E-state index in [9.17, 15) is 9.59 Å². The van der Waals surface area contributed by atoms with Gasteiger partial charge in [-0.1, -0.05) is 45.8 Å².